The molecule has 3 rings (SSSR count). The fraction of sp³-hybridized carbons (Fsp3) is 0.308. The lowest BCUT2D eigenvalue weighted by atomic mass is 9.98. The molecule has 35 heavy (non-hydrogen) atoms. The van der Waals surface area contributed by atoms with Crippen LogP contribution in [0.15, 0.2) is 48.5 Å². The lowest BCUT2D eigenvalue weighted by Crippen LogP contribution is -2.51. The van der Waals surface area contributed by atoms with Crippen LogP contribution in [-0.4, -0.2) is 54.8 Å². The summed E-state index contributed by atoms with van der Waals surface area (Å²) in [5.41, 5.74) is 4.23. The van der Waals surface area contributed by atoms with E-state index in [1.54, 1.807) is 0 Å². The molecule has 1 aliphatic carbocycles. The van der Waals surface area contributed by atoms with Gasteiger partial charge in [-0.1, -0.05) is 48.5 Å². The summed E-state index contributed by atoms with van der Waals surface area (Å²) in [4.78, 5) is 47.9. The molecule has 3 N–H and O–H groups in total. The van der Waals surface area contributed by atoms with Crippen molar-refractivity contribution in [1.29, 1.82) is 0 Å². The number of benzene rings is 2. The molecule has 182 valence electrons. The number of carbonyl (C=O) groups is 4. The van der Waals surface area contributed by atoms with Crippen LogP contribution in [0.5, 0.6) is 0 Å². The Morgan fingerprint density at radius 1 is 1.00 bits per heavy atom. The normalized spacial score (nSPS) is 13.4. The number of alkyl carbamates (subject to hydrolysis) is 1. The van der Waals surface area contributed by atoms with Crippen molar-refractivity contribution in [2.75, 3.05) is 13.7 Å². The predicted molar refractivity (Wildman–Crippen MR) is 126 cm³/mol. The zero-order chi connectivity index (χ0) is 25.4. The van der Waals surface area contributed by atoms with Gasteiger partial charge in [0.1, 0.15) is 18.7 Å². The molecule has 0 radical (unpaired) electrons. The van der Waals surface area contributed by atoms with E-state index in [-0.39, 0.29) is 31.8 Å². The average molecular weight is 479 g/mol. The van der Waals surface area contributed by atoms with Gasteiger partial charge in [-0.3, -0.25) is 9.59 Å². The summed E-state index contributed by atoms with van der Waals surface area (Å²) in [6.07, 6.45) is 3.91. The molecule has 0 saturated heterocycles. The number of aliphatic carboxylic acids is 1. The van der Waals surface area contributed by atoms with Gasteiger partial charge >= 0.3 is 18.0 Å². The van der Waals surface area contributed by atoms with Crippen LogP contribution in [0, 0.1) is 12.3 Å². The second-order valence-corrected chi connectivity index (χ2v) is 7.94. The van der Waals surface area contributed by atoms with Crippen molar-refractivity contribution in [3.05, 3.63) is 59.7 Å². The number of carboxylic acids is 1. The number of carbonyl (C=O) groups excluding carboxylic acids is 3. The Morgan fingerprint density at radius 2 is 1.60 bits per heavy atom. The largest absolute Gasteiger partial charge is 0.480 e. The van der Waals surface area contributed by atoms with E-state index in [0.717, 1.165) is 22.3 Å². The Morgan fingerprint density at radius 3 is 2.14 bits per heavy atom. The van der Waals surface area contributed by atoms with Gasteiger partial charge in [0.05, 0.1) is 7.11 Å². The van der Waals surface area contributed by atoms with Crippen LogP contribution in [0.4, 0.5) is 4.79 Å². The Labute approximate surface area is 202 Å². The van der Waals surface area contributed by atoms with Crippen LogP contribution in [0.3, 0.4) is 0 Å². The van der Waals surface area contributed by atoms with Crippen molar-refractivity contribution >= 4 is 23.9 Å². The number of nitrogens with one attached hydrogen (secondary N) is 2. The molecular weight excluding hydrogens is 452 g/mol. The van der Waals surface area contributed by atoms with Crippen LogP contribution < -0.4 is 10.6 Å². The second kappa shape index (κ2) is 11.7. The molecule has 0 fully saturated rings. The van der Waals surface area contributed by atoms with E-state index in [2.05, 4.69) is 21.3 Å². The quantitative estimate of drug-likeness (QED) is 0.353. The molecule has 9 nitrogen and oxygen atoms in total. The molecule has 2 aromatic carbocycles. The van der Waals surface area contributed by atoms with Crippen molar-refractivity contribution in [1.82, 2.24) is 10.6 Å². The Hall–Kier alpha value is -4.32. The maximum Gasteiger partial charge on any atom is 0.407 e. The van der Waals surface area contributed by atoms with Gasteiger partial charge in [-0.25, -0.2) is 9.59 Å². The van der Waals surface area contributed by atoms with Gasteiger partial charge in [0.25, 0.3) is 0 Å². The molecule has 1 unspecified atom stereocenters. The van der Waals surface area contributed by atoms with Gasteiger partial charge in [0.15, 0.2) is 0 Å². The Kier molecular flexibility index (Phi) is 8.46. The number of esters is 1. The number of carboxylic acid groups (broad SMARTS) is 1. The van der Waals surface area contributed by atoms with Crippen molar-refractivity contribution in [3.63, 3.8) is 0 Å². The zero-order valence-corrected chi connectivity index (χ0v) is 19.2. The highest BCUT2D eigenvalue weighted by Crippen LogP contribution is 2.44. The van der Waals surface area contributed by atoms with E-state index in [9.17, 15) is 24.3 Å². The molecule has 0 spiro atoms. The molecule has 2 aromatic rings. The van der Waals surface area contributed by atoms with E-state index in [4.69, 9.17) is 11.2 Å². The Balaban J connectivity index is 1.62. The first-order valence-electron chi connectivity index (χ1n) is 11.0. The van der Waals surface area contributed by atoms with E-state index in [1.165, 1.54) is 7.11 Å². The number of methoxy groups -OCH3 is 1. The van der Waals surface area contributed by atoms with Crippen LogP contribution in [-0.2, 0) is 23.9 Å². The summed E-state index contributed by atoms with van der Waals surface area (Å²) >= 11 is 0. The molecule has 2 atom stereocenters. The maximum atomic E-state index is 12.6. The minimum atomic E-state index is -1.36. The fourth-order valence-corrected chi connectivity index (χ4v) is 4.00. The summed E-state index contributed by atoms with van der Waals surface area (Å²) in [5.74, 6) is -0.615. The number of hydrogen-bond donors (Lipinski definition) is 3. The number of ether oxygens (including phenoxy) is 2. The van der Waals surface area contributed by atoms with Gasteiger partial charge in [-0.05, 0) is 28.7 Å². The molecule has 1 aliphatic rings. The van der Waals surface area contributed by atoms with Gasteiger partial charge in [-0.15, -0.1) is 12.3 Å². The summed E-state index contributed by atoms with van der Waals surface area (Å²) in [6.45, 7) is 0.0428. The van der Waals surface area contributed by atoms with E-state index < -0.39 is 36.0 Å². The van der Waals surface area contributed by atoms with Crippen molar-refractivity contribution in [2.45, 2.75) is 37.3 Å². The molecule has 0 bridgehead atoms. The van der Waals surface area contributed by atoms with Crippen LogP contribution in [0.1, 0.15) is 36.3 Å². The van der Waals surface area contributed by atoms with Crippen molar-refractivity contribution in [3.8, 4) is 23.5 Å². The van der Waals surface area contributed by atoms with E-state index >= 15 is 0 Å². The lowest BCUT2D eigenvalue weighted by molar-refractivity contribution is -0.144. The van der Waals surface area contributed by atoms with Gasteiger partial charge in [0, 0.05) is 18.8 Å². The van der Waals surface area contributed by atoms with Crippen LogP contribution in [0.2, 0.25) is 0 Å². The fourth-order valence-electron chi connectivity index (χ4n) is 4.00. The molecule has 9 heteroatoms. The molecule has 0 saturated carbocycles. The van der Waals surface area contributed by atoms with Gasteiger partial charge in [-0.2, -0.15) is 0 Å². The molecule has 0 aromatic heterocycles. The first kappa shape index (κ1) is 25.3. The predicted octanol–water partition coefficient (Wildman–Crippen LogP) is 2.44. The van der Waals surface area contributed by atoms with Crippen LogP contribution >= 0.6 is 0 Å². The third-order valence-corrected chi connectivity index (χ3v) is 5.75. The highest BCUT2D eigenvalue weighted by Gasteiger charge is 2.30. The number of fused-ring (bicyclic) bond motifs is 3. The average Bonchev–Trinajstić information content (AvgIpc) is 3.18. The number of amides is 2. The third kappa shape index (κ3) is 6.18. The molecule has 0 heterocycles. The standard InChI is InChI=1S/C26H26N2O7/c1-3-8-21(24(30)27-22(25(31)32)13-14-23(29)34-2)28-26(33)35-15-20-18-11-6-4-9-16(18)17-10-5-7-12-19(17)20/h1,4-7,9-12,20-22H,8,13-15H2,2H3,(H,27,30)(H,28,33)(H,31,32)/t21?,22-/m1/s1. The highest BCUT2D eigenvalue weighted by molar-refractivity contribution is 5.89. The summed E-state index contributed by atoms with van der Waals surface area (Å²) in [7, 11) is 1.18. The van der Waals surface area contributed by atoms with Crippen molar-refractivity contribution in [2.24, 2.45) is 0 Å². The second-order valence-electron chi connectivity index (χ2n) is 7.94. The first-order valence-corrected chi connectivity index (χ1v) is 11.0. The van der Waals surface area contributed by atoms with E-state index in [0.29, 0.717) is 0 Å². The summed E-state index contributed by atoms with van der Waals surface area (Å²) in [6, 6.07) is 13.2. The molecular formula is C26H26N2O7. The number of rotatable bonds is 10. The van der Waals surface area contributed by atoms with Gasteiger partial charge < -0.3 is 25.2 Å². The first-order chi connectivity index (χ1) is 16.8. The topological polar surface area (TPSA) is 131 Å². The summed E-state index contributed by atoms with van der Waals surface area (Å²) < 4.78 is 9.93. The van der Waals surface area contributed by atoms with Gasteiger partial charge in [0.2, 0.25) is 5.91 Å². The highest BCUT2D eigenvalue weighted by atomic mass is 16.5. The molecule has 2 amide bonds. The monoisotopic (exact) mass is 478 g/mol. The molecule has 0 aliphatic heterocycles. The zero-order valence-electron chi connectivity index (χ0n) is 19.2. The third-order valence-electron chi connectivity index (χ3n) is 5.75. The van der Waals surface area contributed by atoms with Crippen molar-refractivity contribution < 1.29 is 33.8 Å². The Bertz CT molecular complexity index is 1110. The van der Waals surface area contributed by atoms with Crippen LogP contribution in [0.25, 0.3) is 11.1 Å². The SMILES string of the molecule is C#CCC(NC(=O)OCC1c2ccccc2-c2ccccc21)C(=O)N[C@H](CCC(=O)OC)C(=O)O. The number of hydrogen-bond acceptors (Lipinski definition) is 6. The maximum absolute atomic E-state index is 12.6. The minimum absolute atomic E-state index is 0.0428. The minimum Gasteiger partial charge on any atom is -0.480 e. The smallest absolute Gasteiger partial charge is 0.407 e. The van der Waals surface area contributed by atoms with E-state index in [1.807, 2.05) is 48.5 Å². The summed E-state index contributed by atoms with van der Waals surface area (Å²) in [5, 5.41) is 14.1. The number of terminal acetylenes is 1. The lowest BCUT2D eigenvalue weighted by Gasteiger charge is -2.20.